The summed E-state index contributed by atoms with van der Waals surface area (Å²) >= 11 is 3.34. The van der Waals surface area contributed by atoms with Gasteiger partial charge >= 0.3 is 0 Å². The fourth-order valence-corrected chi connectivity index (χ4v) is 1.86. The summed E-state index contributed by atoms with van der Waals surface area (Å²) in [5, 5.41) is 8.97. The van der Waals surface area contributed by atoms with Crippen LogP contribution in [0.1, 0.15) is 12.5 Å². The monoisotopic (exact) mass is 301 g/mol. The highest BCUT2D eigenvalue weighted by atomic mass is 79.9. The first-order valence-corrected chi connectivity index (χ1v) is 6.02. The van der Waals surface area contributed by atoms with Crippen LogP contribution in [0.4, 0.5) is 0 Å². The third kappa shape index (κ3) is 3.71. The number of nitrogens with zero attached hydrogens (tertiary/aromatic N) is 1. The van der Waals surface area contributed by atoms with E-state index < -0.39 is 6.10 Å². The lowest BCUT2D eigenvalue weighted by molar-refractivity contribution is -0.135. The molecule has 0 fully saturated rings. The van der Waals surface area contributed by atoms with E-state index in [2.05, 4.69) is 15.9 Å². The molecule has 17 heavy (non-hydrogen) atoms. The van der Waals surface area contributed by atoms with Gasteiger partial charge in [0.15, 0.2) is 6.10 Å². The molecule has 0 saturated carbocycles. The number of carbonyl (C=O) groups excluding carboxylic acids is 1. The van der Waals surface area contributed by atoms with Crippen LogP contribution in [0.5, 0.6) is 5.75 Å². The second-order valence-electron chi connectivity index (χ2n) is 3.92. The van der Waals surface area contributed by atoms with E-state index in [9.17, 15) is 4.79 Å². The predicted octanol–water partition coefficient (Wildman–Crippen LogP) is 1.80. The molecule has 0 aliphatic rings. The van der Waals surface area contributed by atoms with E-state index in [-0.39, 0.29) is 12.5 Å². The van der Waals surface area contributed by atoms with Crippen molar-refractivity contribution < 1.29 is 14.6 Å². The van der Waals surface area contributed by atoms with E-state index in [0.29, 0.717) is 5.75 Å². The van der Waals surface area contributed by atoms with Gasteiger partial charge in [0.05, 0.1) is 11.1 Å². The lowest BCUT2D eigenvalue weighted by Gasteiger charge is -2.19. The molecule has 0 spiro atoms. The number of carbonyl (C=O) groups is 1. The molecule has 0 aromatic heterocycles. The average Bonchev–Trinajstić information content (AvgIpc) is 2.30. The number of hydrogen-bond acceptors (Lipinski definition) is 3. The predicted molar refractivity (Wildman–Crippen MR) is 68.8 cm³/mol. The van der Waals surface area contributed by atoms with Crippen molar-refractivity contribution in [2.75, 3.05) is 14.1 Å². The Bertz CT molecular complexity index is 407. The highest BCUT2D eigenvalue weighted by Gasteiger charge is 2.17. The van der Waals surface area contributed by atoms with Gasteiger partial charge in [0.2, 0.25) is 0 Å². The molecule has 0 heterocycles. The Kier molecular flexibility index (Phi) is 4.96. The summed E-state index contributed by atoms with van der Waals surface area (Å²) in [7, 11) is 3.37. The molecule has 0 saturated heterocycles. The molecule has 5 heteroatoms. The summed E-state index contributed by atoms with van der Waals surface area (Å²) < 4.78 is 6.27. The topological polar surface area (TPSA) is 49.8 Å². The molecule has 1 unspecified atom stereocenters. The van der Waals surface area contributed by atoms with Crippen LogP contribution in [0, 0.1) is 0 Å². The summed E-state index contributed by atoms with van der Waals surface area (Å²) in [6, 6.07) is 5.25. The Balaban J connectivity index is 2.78. The van der Waals surface area contributed by atoms with Gasteiger partial charge in [-0.3, -0.25) is 4.79 Å². The van der Waals surface area contributed by atoms with Gasteiger partial charge < -0.3 is 14.7 Å². The lowest BCUT2D eigenvalue weighted by Crippen LogP contribution is -2.35. The standard InChI is InChI=1S/C12H16BrNO3/c1-8(12(16)14(2)3)17-11-5-4-9(7-15)6-10(11)13/h4-6,8,15H,7H2,1-3H3. The lowest BCUT2D eigenvalue weighted by atomic mass is 10.2. The Morgan fingerprint density at radius 1 is 1.53 bits per heavy atom. The first kappa shape index (κ1) is 14.0. The number of aliphatic hydroxyl groups is 1. The molecular formula is C12H16BrNO3. The summed E-state index contributed by atoms with van der Waals surface area (Å²) in [6.45, 7) is 1.68. The Hall–Kier alpha value is -1.07. The number of amides is 1. The minimum atomic E-state index is -0.540. The summed E-state index contributed by atoms with van der Waals surface area (Å²) in [5.41, 5.74) is 0.788. The fourth-order valence-electron chi connectivity index (χ4n) is 1.34. The van der Waals surface area contributed by atoms with Crippen LogP contribution < -0.4 is 4.74 Å². The number of halogens is 1. The maximum atomic E-state index is 11.6. The minimum absolute atomic E-state index is 0.0228. The normalized spacial score (nSPS) is 12.1. The molecule has 1 aromatic rings. The zero-order chi connectivity index (χ0) is 13.0. The van der Waals surface area contributed by atoms with Gasteiger partial charge in [-0.1, -0.05) is 6.07 Å². The van der Waals surface area contributed by atoms with Crippen LogP contribution in [0.2, 0.25) is 0 Å². The molecule has 0 aliphatic carbocycles. The van der Waals surface area contributed by atoms with Gasteiger partial charge in [-0.2, -0.15) is 0 Å². The molecule has 0 aliphatic heterocycles. The third-order valence-corrected chi connectivity index (χ3v) is 2.89. The largest absolute Gasteiger partial charge is 0.480 e. The molecule has 1 aromatic carbocycles. The molecule has 0 radical (unpaired) electrons. The molecule has 4 nitrogen and oxygen atoms in total. The zero-order valence-electron chi connectivity index (χ0n) is 10.1. The highest BCUT2D eigenvalue weighted by molar-refractivity contribution is 9.10. The smallest absolute Gasteiger partial charge is 0.262 e. The molecule has 1 amide bonds. The van der Waals surface area contributed by atoms with E-state index in [0.717, 1.165) is 10.0 Å². The maximum Gasteiger partial charge on any atom is 0.262 e. The quantitative estimate of drug-likeness (QED) is 0.922. The molecule has 1 N–H and O–H groups in total. The Morgan fingerprint density at radius 3 is 2.65 bits per heavy atom. The summed E-state index contributed by atoms with van der Waals surface area (Å²) in [5.74, 6) is 0.494. The van der Waals surface area contributed by atoms with E-state index in [1.54, 1.807) is 39.2 Å². The van der Waals surface area contributed by atoms with Crippen LogP contribution in [0.3, 0.4) is 0 Å². The van der Waals surface area contributed by atoms with Crippen LogP contribution >= 0.6 is 15.9 Å². The second-order valence-corrected chi connectivity index (χ2v) is 4.77. The summed E-state index contributed by atoms with van der Waals surface area (Å²) in [6.07, 6.45) is -0.540. The number of likely N-dealkylation sites (N-methyl/N-ethyl adjacent to an activating group) is 1. The van der Waals surface area contributed by atoms with Crippen LogP contribution in [-0.2, 0) is 11.4 Å². The van der Waals surface area contributed by atoms with Crippen molar-refractivity contribution >= 4 is 21.8 Å². The van der Waals surface area contributed by atoms with E-state index in [4.69, 9.17) is 9.84 Å². The minimum Gasteiger partial charge on any atom is -0.480 e. The van der Waals surface area contributed by atoms with Gasteiger partial charge in [-0.15, -0.1) is 0 Å². The van der Waals surface area contributed by atoms with Crippen molar-refractivity contribution in [1.82, 2.24) is 4.90 Å². The van der Waals surface area contributed by atoms with Gasteiger partial charge in [0.1, 0.15) is 5.75 Å². The molecule has 0 bridgehead atoms. The van der Waals surface area contributed by atoms with E-state index in [1.165, 1.54) is 4.90 Å². The van der Waals surface area contributed by atoms with Crippen molar-refractivity contribution in [3.05, 3.63) is 28.2 Å². The number of aliphatic hydroxyl groups excluding tert-OH is 1. The molecule has 94 valence electrons. The van der Waals surface area contributed by atoms with E-state index >= 15 is 0 Å². The van der Waals surface area contributed by atoms with Gasteiger partial charge in [0.25, 0.3) is 5.91 Å². The van der Waals surface area contributed by atoms with Crippen molar-refractivity contribution in [2.24, 2.45) is 0 Å². The number of hydrogen-bond donors (Lipinski definition) is 1. The SMILES string of the molecule is CC(Oc1ccc(CO)cc1Br)C(=O)N(C)C. The average molecular weight is 302 g/mol. The van der Waals surface area contributed by atoms with Crippen LogP contribution in [0.25, 0.3) is 0 Å². The van der Waals surface area contributed by atoms with E-state index in [1.807, 2.05) is 0 Å². The van der Waals surface area contributed by atoms with Crippen LogP contribution in [-0.4, -0.2) is 36.1 Å². The third-order valence-electron chi connectivity index (χ3n) is 2.27. The Labute approximate surface area is 109 Å². The highest BCUT2D eigenvalue weighted by Crippen LogP contribution is 2.27. The van der Waals surface area contributed by atoms with Crippen LogP contribution in [0.15, 0.2) is 22.7 Å². The van der Waals surface area contributed by atoms with Gasteiger partial charge in [-0.05, 0) is 40.5 Å². The summed E-state index contributed by atoms with van der Waals surface area (Å²) in [4.78, 5) is 13.1. The fraction of sp³-hybridized carbons (Fsp3) is 0.417. The second kappa shape index (κ2) is 6.02. The Morgan fingerprint density at radius 2 is 2.18 bits per heavy atom. The van der Waals surface area contributed by atoms with Crippen molar-refractivity contribution in [3.63, 3.8) is 0 Å². The first-order chi connectivity index (χ1) is 7.95. The van der Waals surface area contributed by atoms with Crippen molar-refractivity contribution in [2.45, 2.75) is 19.6 Å². The number of benzene rings is 1. The first-order valence-electron chi connectivity index (χ1n) is 5.22. The van der Waals surface area contributed by atoms with Crippen molar-refractivity contribution in [3.8, 4) is 5.75 Å². The molecule has 1 atom stereocenters. The zero-order valence-corrected chi connectivity index (χ0v) is 11.7. The molecular weight excluding hydrogens is 286 g/mol. The maximum absolute atomic E-state index is 11.6. The van der Waals surface area contributed by atoms with Gasteiger partial charge in [-0.25, -0.2) is 0 Å². The van der Waals surface area contributed by atoms with Gasteiger partial charge in [0, 0.05) is 14.1 Å². The van der Waals surface area contributed by atoms with Crippen molar-refractivity contribution in [1.29, 1.82) is 0 Å². The number of ether oxygens (including phenoxy) is 1. The number of rotatable bonds is 4. The molecule has 1 rings (SSSR count).